The van der Waals surface area contributed by atoms with Crippen molar-refractivity contribution in [3.05, 3.63) is 45.6 Å². The van der Waals surface area contributed by atoms with Crippen molar-refractivity contribution in [1.82, 2.24) is 4.98 Å². The molecule has 0 aliphatic carbocycles. The number of fused-ring (bicyclic) bond motifs is 1. The van der Waals surface area contributed by atoms with E-state index in [1.54, 1.807) is 22.7 Å². The van der Waals surface area contributed by atoms with Crippen LogP contribution in [0.3, 0.4) is 0 Å². The molecule has 86 valence electrons. The maximum atomic E-state index is 4.41. The molecule has 0 saturated heterocycles. The van der Waals surface area contributed by atoms with E-state index in [1.165, 1.54) is 20.5 Å². The third-order valence-electron chi connectivity index (χ3n) is 2.76. The van der Waals surface area contributed by atoms with Crippen molar-refractivity contribution in [2.45, 2.75) is 13.5 Å². The van der Waals surface area contributed by atoms with Crippen LogP contribution in [0.2, 0.25) is 0 Å². The molecule has 0 atom stereocenters. The first-order chi connectivity index (χ1) is 8.34. The summed E-state index contributed by atoms with van der Waals surface area (Å²) in [5.41, 5.74) is 1.35. The third-order valence-corrected chi connectivity index (χ3v) is 4.67. The standard InChI is InChI=1S/C13H12N2S2/c1-9-3-6-17-12(9)8-15-13-10-4-7-16-11(10)2-5-14-13/h2-7H,8H2,1H3,(H,14,15). The summed E-state index contributed by atoms with van der Waals surface area (Å²) >= 11 is 3.54. The quantitative estimate of drug-likeness (QED) is 0.760. The summed E-state index contributed by atoms with van der Waals surface area (Å²) in [7, 11) is 0. The fourth-order valence-corrected chi connectivity index (χ4v) is 3.41. The zero-order valence-corrected chi connectivity index (χ0v) is 11.1. The second-order valence-electron chi connectivity index (χ2n) is 3.87. The Balaban J connectivity index is 1.86. The second kappa shape index (κ2) is 4.47. The van der Waals surface area contributed by atoms with E-state index in [-0.39, 0.29) is 0 Å². The summed E-state index contributed by atoms with van der Waals surface area (Å²) in [5.74, 6) is 0.983. The first kappa shape index (κ1) is 10.7. The molecule has 0 spiro atoms. The molecule has 3 aromatic rings. The minimum absolute atomic E-state index is 0.853. The van der Waals surface area contributed by atoms with Gasteiger partial charge in [0, 0.05) is 21.2 Å². The lowest BCUT2D eigenvalue weighted by Crippen LogP contribution is -2.00. The number of rotatable bonds is 3. The molecule has 3 heterocycles. The molecule has 4 heteroatoms. The Labute approximate surface area is 108 Å². The predicted molar refractivity (Wildman–Crippen MR) is 76.0 cm³/mol. The number of nitrogens with zero attached hydrogens (tertiary/aromatic N) is 1. The number of anilines is 1. The SMILES string of the molecule is Cc1ccsc1CNc1nccc2sccc12. The van der Waals surface area contributed by atoms with Crippen molar-refractivity contribution >= 4 is 38.6 Å². The molecule has 0 aliphatic heterocycles. The summed E-state index contributed by atoms with van der Waals surface area (Å²) in [6.45, 7) is 3.00. The van der Waals surface area contributed by atoms with Gasteiger partial charge >= 0.3 is 0 Å². The number of aromatic nitrogens is 1. The summed E-state index contributed by atoms with van der Waals surface area (Å²) in [4.78, 5) is 5.78. The van der Waals surface area contributed by atoms with Gasteiger partial charge in [-0.2, -0.15) is 0 Å². The Bertz CT molecular complexity index is 639. The summed E-state index contributed by atoms with van der Waals surface area (Å²) in [6, 6.07) is 6.33. The van der Waals surface area contributed by atoms with Crippen LogP contribution in [0.5, 0.6) is 0 Å². The lowest BCUT2D eigenvalue weighted by molar-refractivity contribution is 1.14. The van der Waals surface area contributed by atoms with Gasteiger partial charge in [0.05, 0.1) is 6.54 Å². The number of pyridine rings is 1. The Hall–Kier alpha value is -1.39. The van der Waals surface area contributed by atoms with Crippen molar-refractivity contribution in [1.29, 1.82) is 0 Å². The third kappa shape index (κ3) is 2.06. The monoisotopic (exact) mass is 260 g/mol. The highest BCUT2D eigenvalue weighted by molar-refractivity contribution is 7.17. The van der Waals surface area contributed by atoms with Gasteiger partial charge in [0.25, 0.3) is 0 Å². The highest BCUT2D eigenvalue weighted by Gasteiger charge is 2.04. The number of aryl methyl sites for hydroxylation is 1. The van der Waals surface area contributed by atoms with Crippen LogP contribution in [-0.4, -0.2) is 4.98 Å². The first-order valence-electron chi connectivity index (χ1n) is 5.43. The fourth-order valence-electron chi connectivity index (χ4n) is 1.78. The first-order valence-corrected chi connectivity index (χ1v) is 7.19. The Morgan fingerprint density at radius 1 is 1.18 bits per heavy atom. The van der Waals surface area contributed by atoms with Crippen molar-refractivity contribution in [3.63, 3.8) is 0 Å². The maximum absolute atomic E-state index is 4.41. The van der Waals surface area contributed by atoms with Crippen LogP contribution >= 0.6 is 22.7 Å². The van der Waals surface area contributed by atoms with E-state index in [1.807, 2.05) is 6.20 Å². The Kier molecular flexibility index (Phi) is 2.82. The van der Waals surface area contributed by atoms with E-state index in [0.717, 1.165) is 12.4 Å². The predicted octanol–water partition coefficient (Wildman–Crippen LogP) is 4.28. The normalized spacial score (nSPS) is 10.9. The molecule has 3 aromatic heterocycles. The van der Waals surface area contributed by atoms with Gasteiger partial charge in [-0.1, -0.05) is 0 Å². The van der Waals surface area contributed by atoms with Crippen molar-refractivity contribution in [2.75, 3.05) is 5.32 Å². The lowest BCUT2D eigenvalue weighted by atomic mass is 10.3. The van der Waals surface area contributed by atoms with Crippen LogP contribution < -0.4 is 5.32 Å². The van der Waals surface area contributed by atoms with Gasteiger partial charge in [0.2, 0.25) is 0 Å². The van der Waals surface area contributed by atoms with Crippen LogP contribution in [0.15, 0.2) is 35.2 Å². The lowest BCUT2D eigenvalue weighted by Gasteiger charge is -2.06. The summed E-state index contributed by atoms with van der Waals surface area (Å²) < 4.78 is 1.28. The van der Waals surface area contributed by atoms with Crippen molar-refractivity contribution in [3.8, 4) is 0 Å². The van der Waals surface area contributed by atoms with E-state index >= 15 is 0 Å². The molecule has 0 unspecified atom stereocenters. The van der Waals surface area contributed by atoms with Gasteiger partial charge in [-0.25, -0.2) is 4.98 Å². The van der Waals surface area contributed by atoms with Crippen LogP contribution in [0.25, 0.3) is 10.1 Å². The average molecular weight is 260 g/mol. The second-order valence-corrected chi connectivity index (χ2v) is 5.82. The molecular formula is C13H12N2S2. The number of thiophene rings is 2. The van der Waals surface area contributed by atoms with Gasteiger partial charge in [0.1, 0.15) is 5.82 Å². The maximum Gasteiger partial charge on any atom is 0.134 e. The molecule has 0 aromatic carbocycles. The van der Waals surface area contributed by atoms with Crippen LogP contribution in [0, 0.1) is 6.92 Å². The summed E-state index contributed by atoms with van der Waals surface area (Å²) in [5, 5.41) is 8.87. The Morgan fingerprint density at radius 3 is 2.88 bits per heavy atom. The minimum atomic E-state index is 0.853. The highest BCUT2D eigenvalue weighted by Crippen LogP contribution is 2.26. The van der Waals surface area contributed by atoms with E-state index in [2.05, 4.69) is 46.2 Å². The molecule has 0 saturated carbocycles. The number of nitrogens with one attached hydrogen (secondary N) is 1. The molecule has 0 amide bonds. The zero-order chi connectivity index (χ0) is 11.7. The highest BCUT2D eigenvalue weighted by atomic mass is 32.1. The largest absolute Gasteiger partial charge is 0.365 e. The zero-order valence-electron chi connectivity index (χ0n) is 9.43. The van der Waals surface area contributed by atoms with E-state index in [9.17, 15) is 0 Å². The van der Waals surface area contributed by atoms with Crippen molar-refractivity contribution < 1.29 is 0 Å². The number of hydrogen-bond donors (Lipinski definition) is 1. The van der Waals surface area contributed by atoms with Crippen LogP contribution in [-0.2, 0) is 6.54 Å². The van der Waals surface area contributed by atoms with E-state index in [4.69, 9.17) is 0 Å². The van der Waals surface area contributed by atoms with Gasteiger partial charge in [0.15, 0.2) is 0 Å². The van der Waals surface area contributed by atoms with E-state index in [0.29, 0.717) is 0 Å². The number of hydrogen-bond acceptors (Lipinski definition) is 4. The smallest absolute Gasteiger partial charge is 0.134 e. The summed E-state index contributed by atoms with van der Waals surface area (Å²) in [6.07, 6.45) is 1.86. The molecule has 1 N–H and O–H groups in total. The van der Waals surface area contributed by atoms with Crippen LogP contribution in [0.1, 0.15) is 10.4 Å². The molecule has 0 bridgehead atoms. The topological polar surface area (TPSA) is 24.9 Å². The van der Waals surface area contributed by atoms with Gasteiger partial charge in [-0.3, -0.25) is 0 Å². The molecule has 2 nitrogen and oxygen atoms in total. The van der Waals surface area contributed by atoms with Gasteiger partial charge in [-0.05, 0) is 41.4 Å². The van der Waals surface area contributed by atoms with E-state index < -0.39 is 0 Å². The van der Waals surface area contributed by atoms with Gasteiger partial charge < -0.3 is 5.32 Å². The fraction of sp³-hybridized carbons (Fsp3) is 0.154. The molecular weight excluding hydrogens is 248 g/mol. The molecule has 0 fully saturated rings. The minimum Gasteiger partial charge on any atom is -0.365 e. The molecule has 3 rings (SSSR count). The Morgan fingerprint density at radius 2 is 2.06 bits per heavy atom. The van der Waals surface area contributed by atoms with Crippen LogP contribution in [0.4, 0.5) is 5.82 Å². The molecule has 0 radical (unpaired) electrons. The average Bonchev–Trinajstić information content (AvgIpc) is 2.95. The molecule has 17 heavy (non-hydrogen) atoms. The van der Waals surface area contributed by atoms with Gasteiger partial charge in [-0.15, -0.1) is 22.7 Å². The van der Waals surface area contributed by atoms with Crippen molar-refractivity contribution in [2.24, 2.45) is 0 Å². The molecule has 0 aliphatic rings.